The maximum Gasteiger partial charge on any atom is 0.268 e. The predicted octanol–water partition coefficient (Wildman–Crippen LogP) is -1.22. The Balaban J connectivity index is 2.92. The van der Waals surface area contributed by atoms with Crippen molar-refractivity contribution in [3.05, 3.63) is 18.0 Å². The van der Waals surface area contributed by atoms with Gasteiger partial charge in [-0.15, -0.1) is 0 Å². The number of aliphatic hydroxyl groups excluding tert-OH is 1. The Kier molecular flexibility index (Phi) is 3.91. The highest BCUT2D eigenvalue weighted by Crippen LogP contribution is 2.11. The minimum Gasteiger partial charge on any atom is -0.392 e. The van der Waals surface area contributed by atoms with E-state index in [1.165, 1.54) is 30.8 Å². The molecule has 96 valence electrons. The molecule has 1 atom stereocenters. The number of nitrogens with one attached hydrogen (secondary N) is 1. The monoisotopic (exact) mass is 261 g/mol. The molecule has 0 saturated carbocycles. The molecule has 0 aliphatic heterocycles. The van der Waals surface area contributed by atoms with Gasteiger partial charge in [0.15, 0.2) is 0 Å². The summed E-state index contributed by atoms with van der Waals surface area (Å²) >= 11 is 0. The van der Waals surface area contributed by atoms with Gasteiger partial charge in [-0.25, -0.2) is 13.6 Å². The number of carbonyl (C=O) groups excluding carboxylic acids is 1. The number of amides is 1. The lowest BCUT2D eigenvalue weighted by atomic mass is 10.3. The van der Waals surface area contributed by atoms with Gasteiger partial charge in [0.05, 0.1) is 6.10 Å². The molecule has 1 aromatic rings. The molecule has 1 heterocycles. The van der Waals surface area contributed by atoms with Crippen LogP contribution in [-0.2, 0) is 17.1 Å². The molecule has 7 nitrogen and oxygen atoms in total. The first kappa shape index (κ1) is 13.7. The number of hydrogen-bond donors (Lipinski definition) is 3. The van der Waals surface area contributed by atoms with Crippen molar-refractivity contribution in [2.24, 2.45) is 12.2 Å². The maximum atomic E-state index is 11.6. The van der Waals surface area contributed by atoms with Crippen LogP contribution < -0.4 is 10.5 Å². The Hall–Kier alpha value is -1.38. The molecule has 0 spiro atoms. The molecule has 17 heavy (non-hydrogen) atoms. The van der Waals surface area contributed by atoms with Crippen molar-refractivity contribution in [3.8, 4) is 0 Å². The smallest absolute Gasteiger partial charge is 0.268 e. The molecule has 1 aromatic heterocycles. The molecule has 0 fully saturated rings. The van der Waals surface area contributed by atoms with E-state index >= 15 is 0 Å². The molecule has 0 aliphatic rings. The van der Waals surface area contributed by atoms with Gasteiger partial charge in [0.25, 0.3) is 5.91 Å². The molecular formula is C9H15N3O4S. The highest BCUT2D eigenvalue weighted by Gasteiger charge is 2.17. The van der Waals surface area contributed by atoms with Crippen LogP contribution in [0.3, 0.4) is 0 Å². The van der Waals surface area contributed by atoms with E-state index in [2.05, 4.69) is 5.32 Å². The number of hydrogen-bond acceptors (Lipinski definition) is 4. The summed E-state index contributed by atoms with van der Waals surface area (Å²) in [6.45, 7) is 1.62. The SMILES string of the molecule is C[C@H](O)CNC(=O)c1cc(S(N)(=O)=O)cn1C. The van der Waals surface area contributed by atoms with Gasteiger partial charge in [-0.05, 0) is 13.0 Å². The number of nitrogens with zero attached hydrogens (tertiary/aromatic N) is 1. The Morgan fingerprint density at radius 2 is 2.24 bits per heavy atom. The van der Waals surface area contributed by atoms with Crippen LogP contribution >= 0.6 is 0 Å². The first-order valence-electron chi connectivity index (χ1n) is 4.87. The van der Waals surface area contributed by atoms with Crippen LogP contribution in [0.2, 0.25) is 0 Å². The maximum absolute atomic E-state index is 11.6. The molecule has 0 radical (unpaired) electrons. The fraction of sp³-hybridized carbons (Fsp3) is 0.444. The lowest BCUT2D eigenvalue weighted by Gasteiger charge is -2.07. The molecule has 0 unspecified atom stereocenters. The molecule has 0 aromatic carbocycles. The number of aryl methyl sites for hydroxylation is 1. The van der Waals surface area contributed by atoms with Crippen LogP contribution in [0.4, 0.5) is 0 Å². The van der Waals surface area contributed by atoms with Crippen molar-refractivity contribution in [3.63, 3.8) is 0 Å². The second-order valence-electron chi connectivity index (χ2n) is 3.78. The first-order chi connectivity index (χ1) is 7.71. The van der Waals surface area contributed by atoms with Gasteiger partial charge in [0.1, 0.15) is 10.6 Å². The van der Waals surface area contributed by atoms with Gasteiger partial charge >= 0.3 is 0 Å². The van der Waals surface area contributed by atoms with E-state index < -0.39 is 22.0 Å². The highest BCUT2D eigenvalue weighted by atomic mass is 32.2. The minimum atomic E-state index is -3.82. The highest BCUT2D eigenvalue weighted by molar-refractivity contribution is 7.89. The van der Waals surface area contributed by atoms with Gasteiger partial charge in [-0.1, -0.05) is 0 Å². The zero-order chi connectivity index (χ0) is 13.2. The van der Waals surface area contributed by atoms with E-state index in [-0.39, 0.29) is 17.1 Å². The average Bonchev–Trinajstić information content (AvgIpc) is 2.56. The quantitative estimate of drug-likeness (QED) is 0.630. The van der Waals surface area contributed by atoms with Crippen LogP contribution in [0.1, 0.15) is 17.4 Å². The molecule has 8 heteroatoms. The average molecular weight is 261 g/mol. The van der Waals surface area contributed by atoms with Crippen molar-refractivity contribution >= 4 is 15.9 Å². The van der Waals surface area contributed by atoms with Gasteiger partial charge in [-0.3, -0.25) is 4.79 Å². The standard InChI is InChI=1S/C9H15N3O4S/c1-6(13)4-11-9(14)8-3-7(5-12(8)2)17(10,15)16/h3,5-6,13H,4H2,1-2H3,(H,11,14)(H2,10,15,16)/t6-/m0/s1. The normalized spacial score (nSPS) is 13.4. The van der Waals surface area contributed by atoms with E-state index in [0.717, 1.165) is 0 Å². The summed E-state index contributed by atoms with van der Waals surface area (Å²) in [5, 5.41) is 16.4. The minimum absolute atomic E-state index is 0.0920. The summed E-state index contributed by atoms with van der Waals surface area (Å²) in [4.78, 5) is 11.5. The third kappa shape index (κ3) is 3.55. The summed E-state index contributed by atoms with van der Waals surface area (Å²) in [5.41, 5.74) is 0.162. The van der Waals surface area contributed by atoms with Gasteiger partial charge in [-0.2, -0.15) is 0 Å². The van der Waals surface area contributed by atoms with E-state index in [4.69, 9.17) is 10.2 Å². The van der Waals surface area contributed by atoms with Crippen molar-refractivity contribution in [2.45, 2.75) is 17.9 Å². The number of primary sulfonamides is 1. The Labute approximate surface area is 99.3 Å². The summed E-state index contributed by atoms with van der Waals surface area (Å²) in [5.74, 6) is -0.469. The van der Waals surface area contributed by atoms with E-state index in [0.29, 0.717) is 0 Å². The summed E-state index contributed by atoms with van der Waals surface area (Å²) in [6, 6.07) is 1.19. The Morgan fingerprint density at radius 3 is 2.65 bits per heavy atom. The molecule has 1 amide bonds. The first-order valence-corrected chi connectivity index (χ1v) is 6.42. The van der Waals surface area contributed by atoms with Crippen molar-refractivity contribution in [1.82, 2.24) is 9.88 Å². The van der Waals surface area contributed by atoms with Crippen molar-refractivity contribution in [1.29, 1.82) is 0 Å². The Bertz CT molecular complexity index is 518. The van der Waals surface area contributed by atoms with Crippen LogP contribution in [-0.4, -0.2) is 36.6 Å². The number of nitrogens with two attached hydrogens (primary N) is 1. The second-order valence-corrected chi connectivity index (χ2v) is 5.34. The zero-order valence-corrected chi connectivity index (χ0v) is 10.4. The van der Waals surface area contributed by atoms with E-state index in [1.54, 1.807) is 0 Å². The fourth-order valence-electron chi connectivity index (χ4n) is 1.25. The van der Waals surface area contributed by atoms with E-state index in [9.17, 15) is 13.2 Å². The number of aliphatic hydroxyl groups is 1. The zero-order valence-electron chi connectivity index (χ0n) is 9.54. The third-order valence-electron chi connectivity index (χ3n) is 2.10. The van der Waals surface area contributed by atoms with Crippen molar-refractivity contribution < 1.29 is 18.3 Å². The molecule has 0 bridgehead atoms. The summed E-state index contributed by atoms with van der Waals surface area (Å²) in [6.07, 6.45) is 0.587. The molecule has 0 aliphatic carbocycles. The van der Waals surface area contributed by atoms with Gasteiger partial charge in [0.2, 0.25) is 10.0 Å². The van der Waals surface area contributed by atoms with Gasteiger partial charge < -0.3 is 15.0 Å². The fourth-order valence-corrected chi connectivity index (χ4v) is 1.83. The lowest BCUT2D eigenvalue weighted by molar-refractivity contribution is 0.0916. The molecule has 4 N–H and O–H groups in total. The number of carbonyl (C=O) groups is 1. The summed E-state index contributed by atoms with van der Waals surface area (Å²) < 4.78 is 23.5. The lowest BCUT2D eigenvalue weighted by Crippen LogP contribution is -2.31. The largest absolute Gasteiger partial charge is 0.392 e. The Morgan fingerprint density at radius 1 is 1.65 bits per heavy atom. The summed E-state index contributed by atoms with van der Waals surface area (Å²) in [7, 11) is -2.29. The van der Waals surface area contributed by atoms with E-state index in [1.807, 2.05) is 0 Å². The van der Waals surface area contributed by atoms with Crippen LogP contribution in [0.15, 0.2) is 17.2 Å². The third-order valence-corrected chi connectivity index (χ3v) is 2.98. The van der Waals surface area contributed by atoms with Gasteiger partial charge in [0, 0.05) is 19.8 Å². The second kappa shape index (κ2) is 4.86. The predicted molar refractivity (Wildman–Crippen MR) is 60.8 cm³/mol. The number of rotatable bonds is 4. The molecule has 1 rings (SSSR count). The molecule has 0 saturated heterocycles. The number of aromatic nitrogens is 1. The van der Waals surface area contributed by atoms with Crippen LogP contribution in [0.5, 0.6) is 0 Å². The van der Waals surface area contributed by atoms with Crippen LogP contribution in [0.25, 0.3) is 0 Å². The molecular weight excluding hydrogens is 246 g/mol. The van der Waals surface area contributed by atoms with Crippen LogP contribution in [0, 0.1) is 0 Å². The topological polar surface area (TPSA) is 114 Å². The number of sulfonamides is 1. The van der Waals surface area contributed by atoms with Crippen molar-refractivity contribution in [2.75, 3.05) is 6.54 Å².